The van der Waals surface area contributed by atoms with E-state index in [0.717, 1.165) is 19.4 Å². The van der Waals surface area contributed by atoms with E-state index >= 15 is 4.39 Å². The maximum absolute atomic E-state index is 16.7. The highest BCUT2D eigenvalue weighted by Gasteiger charge is 2.49. The van der Waals surface area contributed by atoms with Gasteiger partial charge < -0.3 is 19.5 Å². The van der Waals surface area contributed by atoms with Crippen molar-refractivity contribution in [2.45, 2.75) is 57.2 Å². The Morgan fingerprint density at radius 1 is 1.24 bits per heavy atom. The zero-order valence-electron chi connectivity index (χ0n) is 25.6. The molecule has 4 aromatic rings. The molecule has 2 aliphatic rings. The minimum absolute atomic E-state index is 0.0682. The van der Waals surface area contributed by atoms with E-state index in [2.05, 4.69) is 19.9 Å². The molecule has 0 aliphatic carbocycles. The Kier molecular flexibility index (Phi) is 8.43. The number of phenolic OH excluding ortho intramolecular Hbond substituents is 1. The zero-order chi connectivity index (χ0) is 31.9. The number of carbonyl (C=O) groups is 1. The number of esters is 1. The molecule has 1 N–H and O–H groups in total. The number of aryl methyl sites for hydroxylation is 1. The number of aromatic hydroxyl groups is 1. The van der Waals surface area contributed by atoms with Gasteiger partial charge in [0, 0.05) is 44.7 Å². The number of nitrogens with zero attached hydrogens (tertiary/aromatic N) is 5. The number of alkyl halides is 1. The smallest absolute Gasteiger partial charge is 0.319 e. The van der Waals surface area contributed by atoms with Gasteiger partial charge in [-0.25, -0.2) is 13.2 Å². The number of ether oxygens (including phenoxy) is 2. The van der Waals surface area contributed by atoms with Gasteiger partial charge in [-0.15, -0.1) is 0 Å². The van der Waals surface area contributed by atoms with Crippen LogP contribution in [0.15, 0.2) is 30.5 Å². The largest absolute Gasteiger partial charge is 0.508 e. The van der Waals surface area contributed by atoms with Gasteiger partial charge in [0.05, 0.1) is 18.0 Å². The minimum Gasteiger partial charge on any atom is -0.508 e. The number of pyridine rings is 1. The fourth-order valence-corrected chi connectivity index (χ4v) is 6.91. The van der Waals surface area contributed by atoms with Crippen LogP contribution >= 0.6 is 0 Å². The molecule has 4 heterocycles. The van der Waals surface area contributed by atoms with Crippen molar-refractivity contribution >= 4 is 33.5 Å². The molecule has 0 spiro atoms. The monoisotopic (exact) mass is 623 g/mol. The topological polar surface area (TPSA) is 101 Å². The van der Waals surface area contributed by atoms with Crippen LogP contribution in [0.3, 0.4) is 0 Å². The average molecular weight is 624 g/mol. The van der Waals surface area contributed by atoms with Gasteiger partial charge in [-0.3, -0.25) is 14.7 Å². The van der Waals surface area contributed by atoms with E-state index in [4.69, 9.17) is 9.47 Å². The fourth-order valence-electron chi connectivity index (χ4n) is 6.91. The van der Waals surface area contributed by atoms with Crippen molar-refractivity contribution in [2.24, 2.45) is 0 Å². The predicted octanol–water partition coefficient (Wildman–Crippen LogP) is 5.74. The van der Waals surface area contributed by atoms with Gasteiger partial charge in [0.25, 0.3) is 0 Å². The molecule has 9 nitrogen and oxygen atoms in total. The Balaban J connectivity index is 1.46. The summed E-state index contributed by atoms with van der Waals surface area (Å²) in [6.07, 6.45) is 3.56. The van der Waals surface area contributed by atoms with E-state index in [1.165, 1.54) is 37.6 Å². The minimum atomic E-state index is -0.941. The second-order valence-electron chi connectivity index (χ2n) is 11.9. The maximum Gasteiger partial charge on any atom is 0.319 e. The van der Waals surface area contributed by atoms with Gasteiger partial charge in [0.2, 0.25) is 0 Å². The number of fused-ring (bicyclic) bond motifs is 3. The molecule has 2 aromatic heterocycles. The Labute approximate surface area is 259 Å². The molecule has 0 unspecified atom stereocenters. The summed E-state index contributed by atoms with van der Waals surface area (Å²) in [5.74, 6) is -1.34. The number of aromatic nitrogens is 3. The second-order valence-corrected chi connectivity index (χ2v) is 11.9. The number of halogens is 3. The number of methoxy groups -OCH3 is 1. The highest BCUT2D eigenvalue weighted by Crippen LogP contribution is 2.41. The lowest BCUT2D eigenvalue weighted by Gasteiger charge is -2.31. The van der Waals surface area contributed by atoms with Crippen LogP contribution in [0.5, 0.6) is 11.8 Å². The van der Waals surface area contributed by atoms with Crippen LogP contribution in [-0.2, 0) is 16.0 Å². The van der Waals surface area contributed by atoms with Crippen molar-refractivity contribution in [2.75, 3.05) is 45.3 Å². The van der Waals surface area contributed by atoms with Crippen molar-refractivity contribution < 1.29 is 32.5 Å². The zero-order valence-corrected chi connectivity index (χ0v) is 25.6. The SMILES string of the molecule is CCc1c(F)ccc2cc(O)cc(-c3ncc4c(N(C)CCCC(=O)OC)nc(OC[C@@]56CCCN5C[C@H](F)C6)nc4c3F)c12. The van der Waals surface area contributed by atoms with Crippen molar-refractivity contribution in [3.05, 3.63) is 47.7 Å². The number of carbonyl (C=O) groups excluding carboxylic acids is 1. The third-order valence-corrected chi connectivity index (χ3v) is 9.10. The molecule has 2 saturated heterocycles. The molecular weight excluding hydrogens is 587 g/mol. The summed E-state index contributed by atoms with van der Waals surface area (Å²) in [6, 6.07) is 5.67. The Hall–Kier alpha value is -4.19. The van der Waals surface area contributed by atoms with E-state index < -0.39 is 23.3 Å². The average Bonchev–Trinajstić information content (AvgIpc) is 3.55. The van der Waals surface area contributed by atoms with Crippen LogP contribution in [-0.4, -0.2) is 83.0 Å². The van der Waals surface area contributed by atoms with Gasteiger partial charge in [0.1, 0.15) is 41.4 Å². The Morgan fingerprint density at radius 2 is 2.07 bits per heavy atom. The number of phenols is 1. The molecule has 0 radical (unpaired) electrons. The maximum atomic E-state index is 16.7. The van der Waals surface area contributed by atoms with Gasteiger partial charge in [-0.05, 0) is 66.8 Å². The van der Waals surface area contributed by atoms with Crippen LogP contribution in [0.25, 0.3) is 32.9 Å². The predicted molar refractivity (Wildman–Crippen MR) is 164 cm³/mol. The normalized spacial score (nSPS) is 19.7. The van der Waals surface area contributed by atoms with E-state index in [9.17, 15) is 18.7 Å². The number of anilines is 1. The standard InChI is InChI=1S/C33H36F3N5O4/c1-4-22-25(35)9-8-19-13-21(42)14-23(27(19)22)29-28(36)30-24(16-37-29)31(40(2)11-5-7-26(43)44-3)39-32(38-30)45-18-33-10-6-12-41(33)17-20(34)15-33/h8-9,13-14,16,20,42H,4-7,10-12,15,17-18H2,1-3H3/t20-,33+/m1/s1. The number of rotatable bonds is 10. The molecule has 2 aromatic carbocycles. The first-order valence-corrected chi connectivity index (χ1v) is 15.2. The third-order valence-electron chi connectivity index (χ3n) is 9.10. The van der Waals surface area contributed by atoms with Gasteiger partial charge in [0.15, 0.2) is 5.82 Å². The van der Waals surface area contributed by atoms with Gasteiger partial charge in [-0.1, -0.05) is 13.0 Å². The summed E-state index contributed by atoms with van der Waals surface area (Å²) < 4.78 is 56.8. The molecule has 238 valence electrons. The van der Waals surface area contributed by atoms with Gasteiger partial charge in [-0.2, -0.15) is 9.97 Å². The molecular formula is C33H36F3N5O4. The molecule has 6 rings (SSSR count). The lowest BCUT2D eigenvalue weighted by Crippen LogP contribution is -2.43. The number of hydrogen-bond acceptors (Lipinski definition) is 9. The lowest BCUT2D eigenvalue weighted by atomic mass is 9.94. The van der Waals surface area contributed by atoms with Crippen molar-refractivity contribution in [1.82, 2.24) is 19.9 Å². The van der Waals surface area contributed by atoms with Crippen LogP contribution < -0.4 is 9.64 Å². The highest BCUT2D eigenvalue weighted by molar-refractivity contribution is 6.01. The van der Waals surface area contributed by atoms with Crippen LogP contribution in [0.2, 0.25) is 0 Å². The molecule has 2 atom stereocenters. The van der Waals surface area contributed by atoms with Crippen molar-refractivity contribution in [3.63, 3.8) is 0 Å². The molecule has 0 saturated carbocycles. The first-order valence-electron chi connectivity index (χ1n) is 15.2. The van der Waals surface area contributed by atoms with E-state index in [0.29, 0.717) is 59.9 Å². The van der Waals surface area contributed by atoms with E-state index in [1.807, 2.05) is 0 Å². The van der Waals surface area contributed by atoms with Crippen LogP contribution in [0.1, 0.15) is 44.6 Å². The molecule has 0 bridgehead atoms. The number of hydrogen-bond donors (Lipinski definition) is 1. The van der Waals surface area contributed by atoms with Gasteiger partial charge >= 0.3 is 12.0 Å². The molecule has 2 fully saturated rings. The summed E-state index contributed by atoms with van der Waals surface area (Å²) in [5, 5.41) is 11.8. The third kappa shape index (κ3) is 5.71. The highest BCUT2D eigenvalue weighted by atomic mass is 19.1. The second kappa shape index (κ2) is 12.3. The molecule has 12 heteroatoms. The first kappa shape index (κ1) is 30.8. The van der Waals surface area contributed by atoms with Crippen LogP contribution in [0, 0.1) is 11.6 Å². The number of benzene rings is 2. The van der Waals surface area contributed by atoms with E-state index in [1.54, 1.807) is 18.9 Å². The van der Waals surface area contributed by atoms with Crippen molar-refractivity contribution in [3.8, 4) is 23.0 Å². The lowest BCUT2D eigenvalue weighted by molar-refractivity contribution is -0.140. The van der Waals surface area contributed by atoms with Crippen LogP contribution in [0.4, 0.5) is 19.0 Å². The summed E-state index contributed by atoms with van der Waals surface area (Å²) >= 11 is 0. The molecule has 45 heavy (non-hydrogen) atoms. The quantitative estimate of drug-likeness (QED) is 0.222. The summed E-state index contributed by atoms with van der Waals surface area (Å²) in [6.45, 7) is 3.50. The van der Waals surface area contributed by atoms with Crippen molar-refractivity contribution in [1.29, 1.82) is 0 Å². The van der Waals surface area contributed by atoms with E-state index in [-0.39, 0.29) is 47.5 Å². The fraction of sp³-hybridized carbons (Fsp3) is 0.455. The summed E-state index contributed by atoms with van der Waals surface area (Å²) in [7, 11) is 3.09. The Morgan fingerprint density at radius 3 is 2.84 bits per heavy atom. The summed E-state index contributed by atoms with van der Waals surface area (Å²) in [5.41, 5.74) is -0.0293. The Bertz CT molecular complexity index is 1770. The first-order chi connectivity index (χ1) is 21.6. The summed E-state index contributed by atoms with van der Waals surface area (Å²) in [4.78, 5) is 29.1. The molecule has 2 aliphatic heterocycles. The molecule has 0 amide bonds.